The molecule has 1 aliphatic heterocycles. The van der Waals surface area contributed by atoms with Gasteiger partial charge in [0.05, 0.1) is 25.7 Å². The Morgan fingerprint density at radius 1 is 1.14 bits per heavy atom. The molecule has 0 aliphatic carbocycles. The van der Waals surface area contributed by atoms with E-state index < -0.39 is 37.0 Å². The highest BCUT2D eigenvalue weighted by Gasteiger charge is 2.22. The molecule has 0 saturated carbocycles. The van der Waals surface area contributed by atoms with E-state index in [2.05, 4.69) is 16.0 Å². The van der Waals surface area contributed by atoms with Crippen molar-refractivity contribution in [1.82, 2.24) is 21.3 Å². The minimum absolute atomic E-state index is 0.271. The molecule has 1 fully saturated rings. The second kappa shape index (κ2) is 8.95. The Bertz CT molecular complexity index is 435. The van der Waals surface area contributed by atoms with Crippen LogP contribution >= 0.6 is 0 Å². The highest BCUT2D eigenvalue weighted by Crippen LogP contribution is 2.03. The van der Waals surface area contributed by atoms with Crippen molar-refractivity contribution in [3.8, 4) is 0 Å². The van der Waals surface area contributed by atoms with E-state index in [0.717, 1.165) is 13.0 Å². The van der Waals surface area contributed by atoms with E-state index in [9.17, 15) is 19.2 Å². The van der Waals surface area contributed by atoms with Gasteiger partial charge in [-0.1, -0.05) is 0 Å². The van der Waals surface area contributed by atoms with Crippen LogP contribution < -0.4 is 21.3 Å². The number of aliphatic carboxylic acids is 1. The van der Waals surface area contributed by atoms with E-state index in [-0.39, 0.29) is 18.5 Å². The topological polar surface area (TPSA) is 157 Å². The van der Waals surface area contributed by atoms with Gasteiger partial charge >= 0.3 is 5.97 Å². The van der Waals surface area contributed by atoms with Gasteiger partial charge in [-0.3, -0.25) is 14.4 Å². The normalized spacial score (nSPS) is 18.3. The Kier molecular flexibility index (Phi) is 7.26. The Morgan fingerprint density at radius 2 is 1.82 bits per heavy atom. The lowest BCUT2D eigenvalue weighted by Crippen LogP contribution is -2.49. The molecule has 6 N–H and O–H groups in total. The summed E-state index contributed by atoms with van der Waals surface area (Å²) < 4.78 is 0. The fourth-order valence-electron chi connectivity index (χ4n) is 1.87. The van der Waals surface area contributed by atoms with E-state index in [1.807, 2.05) is 5.32 Å². The van der Waals surface area contributed by atoms with Gasteiger partial charge in [0.15, 0.2) is 0 Å². The lowest BCUT2D eigenvalue weighted by molar-refractivity contribution is -0.142. The van der Waals surface area contributed by atoms with Crippen molar-refractivity contribution in [2.75, 3.05) is 26.2 Å². The first kappa shape index (κ1) is 17.9. The molecule has 0 radical (unpaired) electrons. The SMILES string of the molecule is O=C(CNC(=O)C1CCCN1)NCC(=O)NC(CO)C(=O)O. The predicted molar refractivity (Wildman–Crippen MR) is 73.7 cm³/mol. The molecule has 0 aromatic heterocycles. The molecule has 0 bridgehead atoms. The van der Waals surface area contributed by atoms with Crippen LogP contribution in [-0.4, -0.2) is 72.2 Å². The van der Waals surface area contributed by atoms with Gasteiger partial charge < -0.3 is 31.5 Å². The molecule has 22 heavy (non-hydrogen) atoms. The van der Waals surface area contributed by atoms with Crippen LogP contribution in [-0.2, 0) is 19.2 Å². The van der Waals surface area contributed by atoms with Crippen molar-refractivity contribution >= 4 is 23.7 Å². The molecule has 0 aromatic rings. The smallest absolute Gasteiger partial charge is 0.328 e. The maximum atomic E-state index is 11.6. The second-order valence-electron chi connectivity index (χ2n) is 4.78. The standard InChI is InChI=1S/C12H20N4O6/c17-6-8(12(21)22)16-10(19)5-14-9(18)4-15-11(20)7-2-1-3-13-7/h7-8,13,17H,1-6H2,(H,14,18)(H,15,20)(H,16,19)(H,21,22). The van der Waals surface area contributed by atoms with E-state index in [1.165, 1.54) is 0 Å². The number of carbonyl (C=O) groups excluding carboxylic acids is 3. The van der Waals surface area contributed by atoms with Gasteiger partial charge in [-0.2, -0.15) is 0 Å². The summed E-state index contributed by atoms with van der Waals surface area (Å²) in [4.78, 5) is 45.0. The summed E-state index contributed by atoms with van der Waals surface area (Å²) in [6.45, 7) is -0.702. The Labute approximate surface area is 126 Å². The van der Waals surface area contributed by atoms with Crippen molar-refractivity contribution < 1.29 is 29.4 Å². The summed E-state index contributed by atoms with van der Waals surface area (Å²) in [5, 5.41) is 27.1. The van der Waals surface area contributed by atoms with E-state index in [4.69, 9.17) is 10.2 Å². The van der Waals surface area contributed by atoms with Gasteiger partial charge in [-0.25, -0.2) is 4.79 Å². The molecule has 10 nitrogen and oxygen atoms in total. The van der Waals surface area contributed by atoms with Gasteiger partial charge in [-0.15, -0.1) is 0 Å². The summed E-state index contributed by atoms with van der Waals surface area (Å²) in [5.41, 5.74) is 0. The van der Waals surface area contributed by atoms with Crippen LogP contribution in [0.4, 0.5) is 0 Å². The van der Waals surface area contributed by atoms with Gasteiger partial charge in [0.25, 0.3) is 0 Å². The Hall–Kier alpha value is -2.20. The zero-order chi connectivity index (χ0) is 16.5. The quantitative estimate of drug-likeness (QED) is 0.271. The van der Waals surface area contributed by atoms with Crippen LogP contribution in [0.3, 0.4) is 0 Å². The molecular formula is C12H20N4O6. The first-order valence-corrected chi connectivity index (χ1v) is 6.85. The molecule has 124 valence electrons. The maximum absolute atomic E-state index is 11.6. The van der Waals surface area contributed by atoms with Crippen molar-refractivity contribution in [3.63, 3.8) is 0 Å². The number of hydrogen-bond acceptors (Lipinski definition) is 6. The third kappa shape index (κ3) is 6.06. The average molecular weight is 316 g/mol. The number of carboxylic acid groups (broad SMARTS) is 1. The van der Waals surface area contributed by atoms with E-state index in [0.29, 0.717) is 6.42 Å². The minimum Gasteiger partial charge on any atom is -0.480 e. The molecular weight excluding hydrogens is 296 g/mol. The highest BCUT2D eigenvalue weighted by atomic mass is 16.4. The van der Waals surface area contributed by atoms with Crippen LogP contribution in [0.1, 0.15) is 12.8 Å². The zero-order valence-corrected chi connectivity index (χ0v) is 11.9. The average Bonchev–Trinajstić information content (AvgIpc) is 3.02. The third-order valence-corrected chi connectivity index (χ3v) is 3.06. The summed E-state index contributed by atoms with van der Waals surface area (Å²) in [6.07, 6.45) is 1.62. The van der Waals surface area contributed by atoms with Crippen molar-refractivity contribution in [3.05, 3.63) is 0 Å². The molecule has 2 atom stereocenters. The minimum atomic E-state index is -1.42. The van der Waals surface area contributed by atoms with Crippen molar-refractivity contribution in [2.45, 2.75) is 24.9 Å². The van der Waals surface area contributed by atoms with Gasteiger partial charge in [0.1, 0.15) is 6.04 Å². The lowest BCUT2D eigenvalue weighted by Gasteiger charge is -2.13. The van der Waals surface area contributed by atoms with E-state index >= 15 is 0 Å². The molecule has 1 aliphatic rings. The summed E-state index contributed by atoms with van der Waals surface area (Å²) in [5.74, 6) is -2.97. The Balaban J connectivity index is 2.20. The molecule has 1 heterocycles. The number of aliphatic hydroxyl groups is 1. The molecule has 3 amide bonds. The lowest BCUT2D eigenvalue weighted by atomic mass is 10.2. The van der Waals surface area contributed by atoms with Crippen molar-refractivity contribution in [2.24, 2.45) is 0 Å². The summed E-state index contributed by atoms with van der Waals surface area (Å²) >= 11 is 0. The Morgan fingerprint density at radius 3 is 2.36 bits per heavy atom. The monoisotopic (exact) mass is 316 g/mol. The maximum Gasteiger partial charge on any atom is 0.328 e. The fourth-order valence-corrected chi connectivity index (χ4v) is 1.87. The van der Waals surface area contributed by atoms with Crippen LogP contribution in [0, 0.1) is 0 Å². The number of nitrogens with one attached hydrogen (secondary N) is 4. The van der Waals surface area contributed by atoms with Gasteiger partial charge in [0, 0.05) is 0 Å². The molecule has 0 spiro atoms. The number of carboxylic acids is 1. The van der Waals surface area contributed by atoms with Crippen LogP contribution in [0.2, 0.25) is 0 Å². The number of hydrogen-bond donors (Lipinski definition) is 6. The van der Waals surface area contributed by atoms with Gasteiger partial charge in [0.2, 0.25) is 17.7 Å². The zero-order valence-electron chi connectivity index (χ0n) is 11.9. The number of rotatable bonds is 8. The third-order valence-electron chi connectivity index (χ3n) is 3.06. The number of carbonyl (C=O) groups is 4. The van der Waals surface area contributed by atoms with Crippen LogP contribution in [0.5, 0.6) is 0 Å². The first-order valence-electron chi connectivity index (χ1n) is 6.85. The molecule has 1 saturated heterocycles. The number of aliphatic hydroxyl groups excluding tert-OH is 1. The van der Waals surface area contributed by atoms with Crippen LogP contribution in [0.15, 0.2) is 0 Å². The molecule has 0 aromatic carbocycles. The fraction of sp³-hybridized carbons (Fsp3) is 0.667. The second-order valence-corrected chi connectivity index (χ2v) is 4.78. The van der Waals surface area contributed by atoms with Gasteiger partial charge in [-0.05, 0) is 19.4 Å². The van der Waals surface area contributed by atoms with E-state index in [1.54, 1.807) is 0 Å². The largest absolute Gasteiger partial charge is 0.480 e. The first-order chi connectivity index (χ1) is 10.4. The number of amides is 3. The predicted octanol–water partition coefficient (Wildman–Crippen LogP) is -3.47. The molecule has 10 heteroatoms. The summed E-state index contributed by atoms with van der Waals surface area (Å²) in [6, 6.07) is -1.71. The summed E-state index contributed by atoms with van der Waals surface area (Å²) in [7, 11) is 0. The molecule has 1 rings (SSSR count). The molecule has 2 unspecified atom stereocenters. The highest BCUT2D eigenvalue weighted by molar-refractivity contribution is 5.90. The van der Waals surface area contributed by atoms with Crippen molar-refractivity contribution in [1.29, 1.82) is 0 Å². The van der Waals surface area contributed by atoms with Crippen LogP contribution in [0.25, 0.3) is 0 Å².